The molecule has 0 saturated carbocycles. The smallest absolute Gasteiger partial charge is 0.322 e. The highest BCUT2D eigenvalue weighted by Gasteiger charge is 2.39. The van der Waals surface area contributed by atoms with Crippen molar-refractivity contribution in [3.05, 3.63) is 77.9 Å². The molecule has 0 unspecified atom stereocenters. The third kappa shape index (κ3) is 2.45. The lowest BCUT2D eigenvalue weighted by atomic mass is 10.1. The van der Waals surface area contributed by atoms with E-state index in [2.05, 4.69) is 10.1 Å². The van der Waals surface area contributed by atoms with Gasteiger partial charge in [-0.2, -0.15) is 5.10 Å². The Balaban J connectivity index is 1.55. The molecule has 3 aromatic rings. The number of amides is 2. The Morgan fingerprint density at radius 2 is 1.56 bits per heavy atom. The van der Waals surface area contributed by atoms with Crippen LogP contribution in [0.25, 0.3) is 5.69 Å². The van der Waals surface area contributed by atoms with Crippen LogP contribution in [-0.2, 0) is 4.84 Å². The summed E-state index contributed by atoms with van der Waals surface area (Å²) in [6, 6.07) is 11.1. The summed E-state index contributed by atoms with van der Waals surface area (Å²) < 4.78 is 1.46. The van der Waals surface area contributed by atoms with Crippen molar-refractivity contribution in [2.24, 2.45) is 0 Å². The molecule has 2 amide bonds. The predicted octanol–water partition coefficient (Wildman–Crippen LogP) is 1.64. The zero-order chi connectivity index (χ0) is 17.4. The summed E-state index contributed by atoms with van der Waals surface area (Å²) in [4.78, 5) is 45.5. The van der Waals surface area contributed by atoms with Gasteiger partial charge in [0.25, 0.3) is 11.8 Å². The van der Waals surface area contributed by atoms with E-state index in [-0.39, 0.29) is 16.8 Å². The molecule has 8 heteroatoms. The van der Waals surface area contributed by atoms with Crippen LogP contribution in [0.3, 0.4) is 0 Å². The first-order valence-corrected chi connectivity index (χ1v) is 7.31. The van der Waals surface area contributed by atoms with E-state index in [1.54, 1.807) is 42.9 Å². The van der Waals surface area contributed by atoms with E-state index in [0.29, 0.717) is 10.8 Å². The van der Waals surface area contributed by atoms with Crippen molar-refractivity contribution in [1.29, 1.82) is 0 Å². The van der Waals surface area contributed by atoms with Crippen LogP contribution in [0.4, 0.5) is 0 Å². The van der Waals surface area contributed by atoms with Gasteiger partial charge in [0, 0.05) is 18.6 Å². The molecular weight excluding hydrogens is 324 g/mol. The Labute approximate surface area is 141 Å². The Hall–Kier alpha value is -3.81. The fraction of sp³-hybridized carbons (Fsp3) is 0. The number of nitrogens with zero attached hydrogens (tertiary/aromatic N) is 4. The molecule has 0 fully saturated rings. The minimum absolute atomic E-state index is 0.0339. The first-order valence-electron chi connectivity index (χ1n) is 7.31. The highest BCUT2D eigenvalue weighted by molar-refractivity contribution is 6.21. The van der Waals surface area contributed by atoms with Crippen molar-refractivity contribution in [2.45, 2.75) is 0 Å². The maximum atomic E-state index is 12.2. The molecule has 25 heavy (non-hydrogen) atoms. The first kappa shape index (κ1) is 14.8. The Morgan fingerprint density at radius 3 is 2.20 bits per heavy atom. The summed E-state index contributed by atoms with van der Waals surface area (Å²) >= 11 is 0. The summed E-state index contributed by atoms with van der Waals surface area (Å²) in [5.41, 5.74) is 1.06. The number of carbonyl (C=O) groups excluding carboxylic acids is 3. The largest absolute Gasteiger partial charge is 0.384 e. The number of hydrogen-bond acceptors (Lipinski definition) is 6. The number of hydroxylamine groups is 2. The quantitative estimate of drug-likeness (QED) is 0.676. The van der Waals surface area contributed by atoms with Crippen molar-refractivity contribution >= 4 is 17.8 Å². The van der Waals surface area contributed by atoms with Gasteiger partial charge >= 0.3 is 5.97 Å². The molecular formula is C17H10N4O4. The zero-order valence-electron chi connectivity index (χ0n) is 12.7. The van der Waals surface area contributed by atoms with Crippen LogP contribution in [0.15, 0.2) is 61.1 Å². The van der Waals surface area contributed by atoms with Gasteiger partial charge in [-0.3, -0.25) is 14.6 Å². The maximum Gasteiger partial charge on any atom is 0.384 e. The van der Waals surface area contributed by atoms with Crippen molar-refractivity contribution in [2.75, 3.05) is 0 Å². The average Bonchev–Trinajstić information content (AvgIpc) is 3.23. The number of hydrogen-bond donors (Lipinski definition) is 0. The van der Waals surface area contributed by atoms with Gasteiger partial charge in [-0.05, 0) is 30.3 Å². The lowest BCUT2D eigenvalue weighted by Crippen LogP contribution is -2.32. The van der Waals surface area contributed by atoms with Crippen molar-refractivity contribution in [3.63, 3.8) is 0 Å². The lowest BCUT2D eigenvalue weighted by molar-refractivity contribution is -0.0588. The van der Waals surface area contributed by atoms with Crippen LogP contribution < -0.4 is 0 Å². The fourth-order valence-electron chi connectivity index (χ4n) is 2.45. The second-order valence-electron chi connectivity index (χ2n) is 5.18. The van der Waals surface area contributed by atoms with Crippen LogP contribution in [0, 0.1) is 0 Å². The second kappa shape index (κ2) is 5.68. The van der Waals surface area contributed by atoms with Gasteiger partial charge in [0.05, 0.1) is 16.8 Å². The van der Waals surface area contributed by atoms with Crippen LogP contribution >= 0.6 is 0 Å². The molecule has 1 aromatic carbocycles. The van der Waals surface area contributed by atoms with Gasteiger partial charge in [-0.25, -0.2) is 9.48 Å². The van der Waals surface area contributed by atoms with Crippen LogP contribution in [-0.4, -0.2) is 37.6 Å². The predicted molar refractivity (Wildman–Crippen MR) is 83.7 cm³/mol. The zero-order valence-corrected chi connectivity index (χ0v) is 12.7. The van der Waals surface area contributed by atoms with E-state index in [4.69, 9.17) is 4.84 Å². The summed E-state index contributed by atoms with van der Waals surface area (Å²) in [7, 11) is 0. The molecule has 0 aliphatic carbocycles. The summed E-state index contributed by atoms with van der Waals surface area (Å²) in [5.74, 6) is -2.26. The van der Waals surface area contributed by atoms with Gasteiger partial charge in [-0.15, -0.1) is 0 Å². The molecule has 0 N–H and O–H groups in total. The van der Waals surface area contributed by atoms with Gasteiger partial charge < -0.3 is 4.84 Å². The summed E-state index contributed by atoms with van der Waals surface area (Å²) in [6.07, 6.45) is 4.75. The van der Waals surface area contributed by atoms with Gasteiger partial charge in [0.2, 0.25) is 0 Å². The number of benzene rings is 1. The number of imide groups is 1. The van der Waals surface area contributed by atoms with E-state index < -0.39 is 17.8 Å². The number of fused-ring (bicyclic) bond motifs is 1. The molecule has 0 atom stereocenters. The molecule has 1 aliphatic heterocycles. The van der Waals surface area contributed by atoms with Gasteiger partial charge in [-0.1, -0.05) is 17.2 Å². The summed E-state index contributed by atoms with van der Waals surface area (Å²) in [5, 5.41) is 4.54. The maximum absolute atomic E-state index is 12.2. The van der Waals surface area contributed by atoms with E-state index >= 15 is 0 Å². The van der Waals surface area contributed by atoms with E-state index in [9.17, 15) is 14.4 Å². The molecule has 1 aliphatic rings. The van der Waals surface area contributed by atoms with E-state index in [1.807, 2.05) is 0 Å². The van der Waals surface area contributed by atoms with Crippen LogP contribution in [0.2, 0.25) is 0 Å². The highest BCUT2D eigenvalue weighted by atomic mass is 16.7. The topological polar surface area (TPSA) is 94.4 Å². The molecule has 3 heterocycles. The highest BCUT2D eigenvalue weighted by Crippen LogP contribution is 2.23. The SMILES string of the molecule is O=C(ON1C(=O)c2ccccc2C1=O)c1ccn(-c2ccncc2)n1. The Morgan fingerprint density at radius 1 is 0.920 bits per heavy atom. The second-order valence-corrected chi connectivity index (χ2v) is 5.18. The van der Waals surface area contributed by atoms with Crippen molar-refractivity contribution in [1.82, 2.24) is 19.8 Å². The molecule has 0 saturated heterocycles. The van der Waals surface area contributed by atoms with E-state index in [1.165, 1.54) is 22.9 Å². The molecule has 8 nitrogen and oxygen atoms in total. The van der Waals surface area contributed by atoms with Crippen LogP contribution in [0.5, 0.6) is 0 Å². The van der Waals surface area contributed by atoms with Gasteiger partial charge in [0.15, 0.2) is 5.69 Å². The molecule has 0 spiro atoms. The molecule has 0 bridgehead atoms. The molecule has 2 aromatic heterocycles. The monoisotopic (exact) mass is 334 g/mol. The molecule has 0 radical (unpaired) electrons. The number of aromatic nitrogens is 3. The van der Waals surface area contributed by atoms with Crippen molar-refractivity contribution < 1.29 is 19.2 Å². The lowest BCUT2D eigenvalue weighted by Gasteiger charge is -2.11. The average molecular weight is 334 g/mol. The standard InChI is InChI=1S/C17H10N4O4/c22-15-12-3-1-2-4-13(12)16(23)21(15)25-17(24)14-7-10-20(19-14)11-5-8-18-9-6-11/h1-10H. The van der Waals surface area contributed by atoms with Crippen molar-refractivity contribution in [3.8, 4) is 5.69 Å². The third-order valence-corrected chi connectivity index (χ3v) is 3.66. The third-order valence-electron chi connectivity index (χ3n) is 3.66. The number of rotatable bonds is 3. The molecule has 122 valence electrons. The minimum Gasteiger partial charge on any atom is -0.322 e. The fourth-order valence-corrected chi connectivity index (χ4v) is 2.45. The number of pyridine rings is 1. The first-order chi connectivity index (χ1) is 12.1. The minimum atomic E-state index is -0.901. The van der Waals surface area contributed by atoms with Gasteiger partial charge in [0.1, 0.15) is 0 Å². The summed E-state index contributed by atoms with van der Waals surface area (Å²) in [6.45, 7) is 0. The van der Waals surface area contributed by atoms with E-state index in [0.717, 1.165) is 0 Å². The number of carbonyl (C=O) groups is 3. The normalized spacial score (nSPS) is 13.0. The molecule has 4 rings (SSSR count). The Bertz CT molecular complexity index is 962. The van der Waals surface area contributed by atoms with Crippen LogP contribution in [0.1, 0.15) is 31.2 Å². The Kier molecular flexibility index (Phi) is 3.35.